The van der Waals surface area contributed by atoms with Crippen LogP contribution < -0.4 is 0 Å². The minimum Gasteiger partial charge on any atom is -0.465 e. The summed E-state index contributed by atoms with van der Waals surface area (Å²) in [7, 11) is 2.52. The first-order valence-corrected chi connectivity index (χ1v) is 16.5. The van der Waals surface area contributed by atoms with Crippen LogP contribution in [0.1, 0.15) is 29.2 Å². The zero-order valence-corrected chi connectivity index (χ0v) is 28.6. The van der Waals surface area contributed by atoms with Crippen molar-refractivity contribution in [3.8, 4) is 22.5 Å². The number of allylic oxidation sites excluding steroid dienone is 1. The number of hydrogen-bond donors (Lipinski definition) is 0. The molecule has 11 heteroatoms. The highest BCUT2D eigenvalue weighted by molar-refractivity contribution is 6.27. The normalized spacial score (nSPS) is 16.2. The van der Waals surface area contributed by atoms with Crippen LogP contribution >= 0.6 is 0 Å². The topological polar surface area (TPSA) is 82.3 Å². The van der Waals surface area contributed by atoms with Crippen LogP contribution in [0.2, 0.25) is 0 Å². The molecule has 1 aromatic heterocycles. The molecule has 0 aliphatic carbocycles. The second-order valence-corrected chi connectivity index (χ2v) is 12.6. The Kier molecular flexibility index (Phi) is 8.89. The molecule has 1 atom stereocenters. The Morgan fingerprint density at radius 3 is 1.69 bits per heavy atom. The molecule has 0 fully saturated rings. The number of benzene rings is 5. The molecule has 1 unspecified atom stereocenters. The predicted molar refractivity (Wildman–Crippen MR) is 192 cm³/mol. The number of quaternary nitrogens is 1. The molecule has 6 aromatic rings. The summed E-state index contributed by atoms with van der Waals surface area (Å²) < 4.78 is 44.8. The van der Waals surface area contributed by atoms with Crippen LogP contribution in [0.4, 0.5) is 13.2 Å². The van der Waals surface area contributed by atoms with Crippen LogP contribution in [0.25, 0.3) is 22.5 Å². The molecule has 0 radical (unpaired) electrons. The van der Waals surface area contributed by atoms with Gasteiger partial charge in [-0.1, -0.05) is 145 Å². The van der Waals surface area contributed by atoms with Crippen LogP contribution in [-0.2, 0) is 15.1 Å². The molecule has 260 valence electrons. The van der Waals surface area contributed by atoms with Gasteiger partial charge in [0, 0.05) is 18.1 Å². The molecule has 5 aromatic carbocycles. The molecule has 0 saturated carbocycles. The highest BCUT2D eigenvalue weighted by Crippen LogP contribution is 2.41. The van der Waals surface area contributed by atoms with Gasteiger partial charge in [0.05, 0.1) is 14.2 Å². The third kappa shape index (κ3) is 6.09. The molecule has 52 heavy (non-hydrogen) atoms. The average Bonchev–Trinajstić information content (AvgIpc) is 3.75. The number of halogens is 3. The summed E-state index contributed by atoms with van der Waals surface area (Å²) in [6.45, 7) is 0.212. The van der Waals surface area contributed by atoms with E-state index in [9.17, 15) is 18.0 Å². The summed E-state index contributed by atoms with van der Waals surface area (Å²) in [5.74, 6) is -0.347. The summed E-state index contributed by atoms with van der Waals surface area (Å²) in [4.78, 5) is 14.5. The molecule has 0 amide bonds. The van der Waals surface area contributed by atoms with E-state index in [0.29, 0.717) is 11.4 Å². The van der Waals surface area contributed by atoms with Gasteiger partial charge >= 0.3 is 12.1 Å². The first kappa shape index (κ1) is 34.3. The highest BCUT2D eigenvalue weighted by Gasteiger charge is 2.49. The fraction of sp³-hybridized carbons (Fsp3) is 0.146. The Balaban J connectivity index is 1.31. The van der Waals surface area contributed by atoms with Crippen molar-refractivity contribution in [2.24, 2.45) is 5.10 Å². The summed E-state index contributed by atoms with van der Waals surface area (Å²) in [5.41, 5.74) is 5.03. The molecule has 0 spiro atoms. The van der Waals surface area contributed by atoms with Gasteiger partial charge in [-0.2, -0.15) is 17.8 Å². The van der Waals surface area contributed by atoms with E-state index >= 15 is 0 Å². The van der Waals surface area contributed by atoms with Crippen LogP contribution in [0.3, 0.4) is 0 Å². The van der Waals surface area contributed by atoms with Crippen molar-refractivity contribution >= 4 is 11.7 Å². The number of methoxy groups -OCH3 is 1. The van der Waals surface area contributed by atoms with E-state index < -0.39 is 28.8 Å². The van der Waals surface area contributed by atoms with Crippen molar-refractivity contribution in [1.29, 1.82) is 0 Å². The van der Waals surface area contributed by atoms with Crippen molar-refractivity contribution in [2.45, 2.75) is 18.6 Å². The Bertz CT molecular complexity index is 2190. The smallest absolute Gasteiger partial charge is 0.441 e. The Morgan fingerprint density at radius 2 is 1.19 bits per heavy atom. The van der Waals surface area contributed by atoms with Gasteiger partial charge in [-0.25, -0.2) is 4.79 Å². The Hall–Kier alpha value is -6.20. The number of hydrogen-bond acceptors (Lipinski definition) is 6. The third-order valence-electron chi connectivity index (χ3n) is 9.44. The first-order valence-electron chi connectivity index (χ1n) is 16.5. The van der Waals surface area contributed by atoms with E-state index in [-0.39, 0.29) is 17.0 Å². The lowest BCUT2D eigenvalue weighted by Crippen LogP contribution is -2.43. The molecule has 2 heterocycles. The highest BCUT2D eigenvalue weighted by atomic mass is 19.4. The van der Waals surface area contributed by atoms with Gasteiger partial charge in [0.1, 0.15) is 17.0 Å². The second kappa shape index (κ2) is 13.5. The fourth-order valence-corrected chi connectivity index (χ4v) is 6.90. The maximum atomic E-state index is 13.6. The number of ether oxygens (including phenoxy) is 1. The third-order valence-corrected chi connectivity index (χ3v) is 9.44. The second-order valence-electron chi connectivity index (χ2n) is 12.6. The molecule has 7 rings (SSSR count). The monoisotopic (exact) mass is 699 g/mol. The quantitative estimate of drug-likeness (QED) is 0.0868. The van der Waals surface area contributed by atoms with E-state index in [4.69, 9.17) is 9.84 Å². The van der Waals surface area contributed by atoms with Gasteiger partial charge < -0.3 is 4.74 Å². The minimum atomic E-state index is -4.51. The van der Waals surface area contributed by atoms with Crippen molar-refractivity contribution in [3.05, 3.63) is 173 Å². The maximum Gasteiger partial charge on any atom is 0.441 e. The van der Waals surface area contributed by atoms with Crippen LogP contribution in [0.15, 0.2) is 156 Å². The zero-order valence-electron chi connectivity index (χ0n) is 28.6. The van der Waals surface area contributed by atoms with Gasteiger partial charge in [0.15, 0.2) is 5.54 Å². The largest absolute Gasteiger partial charge is 0.465 e. The number of carbonyl (C=O) groups excluding carboxylic acids is 1. The van der Waals surface area contributed by atoms with Crippen molar-refractivity contribution < 1.29 is 27.3 Å². The number of esters is 1. The van der Waals surface area contributed by atoms with Crippen LogP contribution in [0, 0.1) is 0 Å². The SMILES string of the molecule is COC(=O)C1=C(C)[N+](C)(CC(F)(F)F)N=C1c1ccc(-c2ccccc2-c2nnn(C(c3ccccc3)(c3ccccc3)c3ccccc3)n2)cc1. The standard InChI is InChI=1S/C41H34F3N6O2/c1-28-36(39(51)52-3)37(47-50(28,2)27-40(42,43)44)30-25-23-29(24-26-30)34-21-13-14-22-35(34)38-45-48-49(46-38)41(31-15-7-4-8-16-31,32-17-9-5-10-18-32)33-19-11-6-12-20-33/h4-26H,27H2,1-3H3/q+1. The molecule has 1 aliphatic rings. The maximum absolute atomic E-state index is 13.6. The van der Waals surface area contributed by atoms with Gasteiger partial charge in [-0.3, -0.25) is 0 Å². The molecular weight excluding hydrogens is 665 g/mol. The van der Waals surface area contributed by atoms with E-state index in [2.05, 4.69) is 51.8 Å². The summed E-state index contributed by atoms with van der Waals surface area (Å²) in [5, 5.41) is 18.8. The van der Waals surface area contributed by atoms with Gasteiger partial charge in [0.25, 0.3) is 0 Å². The Morgan fingerprint density at radius 1 is 0.712 bits per heavy atom. The summed E-state index contributed by atoms with van der Waals surface area (Å²) in [6, 6.07) is 45.0. The molecule has 0 saturated heterocycles. The van der Waals surface area contributed by atoms with Crippen LogP contribution in [-0.4, -0.2) is 63.4 Å². The van der Waals surface area contributed by atoms with E-state index in [1.54, 1.807) is 16.9 Å². The van der Waals surface area contributed by atoms with E-state index in [0.717, 1.165) is 33.4 Å². The van der Waals surface area contributed by atoms with Crippen molar-refractivity contribution in [1.82, 2.24) is 20.2 Å². The number of rotatable bonds is 9. The lowest BCUT2D eigenvalue weighted by molar-refractivity contribution is -0.887. The van der Waals surface area contributed by atoms with E-state index in [1.807, 2.05) is 91.0 Å². The molecular formula is C41H34F3N6O2+. The predicted octanol–water partition coefficient (Wildman–Crippen LogP) is 8.02. The van der Waals surface area contributed by atoms with E-state index in [1.165, 1.54) is 21.1 Å². The molecule has 0 N–H and O–H groups in total. The average molecular weight is 700 g/mol. The summed E-state index contributed by atoms with van der Waals surface area (Å²) in [6.07, 6.45) is -4.51. The first-order chi connectivity index (χ1) is 25.0. The van der Waals surface area contributed by atoms with Crippen LogP contribution in [0.5, 0.6) is 0 Å². The number of nitrogens with zero attached hydrogens (tertiary/aromatic N) is 6. The summed E-state index contributed by atoms with van der Waals surface area (Å²) >= 11 is 0. The lowest BCUT2D eigenvalue weighted by Gasteiger charge is -2.34. The fourth-order valence-electron chi connectivity index (χ4n) is 6.90. The molecule has 8 nitrogen and oxygen atoms in total. The molecule has 0 bridgehead atoms. The Labute approximate surface area is 298 Å². The van der Waals surface area contributed by atoms with Gasteiger partial charge in [-0.15, -0.1) is 15.0 Å². The minimum absolute atomic E-state index is 0.0157. The van der Waals surface area contributed by atoms with Gasteiger partial charge in [0.2, 0.25) is 12.4 Å². The number of carbonyl (C=O) groups is 1. The number of aromatic nitrogens is 4. The number of tetrazole rings is 1. The lowest BCUT2D eigenvalue weighted by atomic mass is 9.77. The number of alkyl halides is 3. The molecule has 1 aliphatic heterocycles. The zero-order chi connectivity index (χ0) is 36.5. The van der Waals surface area contributed by atoms with Gasteiger partial charge in [-0.05, 0) is 33.0 Å². The van der Waals surface area contributed by atoms with Crippen molar-refractivity contribution in [2.75, 3.05) is 20.7 Å². The van der Waals surface area contributed by atoms with Crippen molar-refractivity contribution in [3.63, 3.8) is 0 Å².